The molecule has 0 radical (unpaired) electrons. The number of nitrogens with zero attached hydrogens (tertiary/aromatic N) is 3. The average Bonchev–Trinajstić information content (AvgIpc) is 3.08. The zero-order valence-electron chi connectivity index (χ0n) is 14.2. The van der Waals surface area contributed by atoms with Crippen molar-refractivity contribution in [1.29, 1.82) is 5.26 Å². The first-order chi connectivity index (χ1) is 12.4. The quantitative estimate of drug-likeness (QED) is 0.278. The Morgan fingerprint density at radius 1 is 1.04 bits per heavy atom. The Balaban J connectivity index is 0.00000261. The van der Waals surface area contributed by atoms with Gasteiger partial charge in [-0.05, 0) is 36.4 Å². The van der Waals surface area contributed by atoms with E-state index in [0.29, 0.717) is 22.7 Å². The summed E-state index contributed by atoms with van der Waals surface area (Å²) in [6.07, 6.45) is 1.91. The van der Waals surface area contributed by atoms with E-state index in [1.54, 1.807) is 6.07 Å². The van der Waals surface area contributed by atoms with Crippen LogP contribution in [-0.2, 0) is 6.54 Å². The Morgan fingerprint density at radius 2 is 1.67 bits per heavy atom. The molecule has 10 heteroatoms. The van der Waals surface area contributed by atoms with Crippen LogP contribution in [0.15, 0.2) is 59.1 Å². The molecular formula is C17H11BF4KN3O. The van der Waals surface area contributed by atoms with E-state index in [9.17, 15) is 22.6 Å². The van der Waals surface area contributed by atoms with Crippen LogP contribution >= 0.6 is 0 Å². The van der Waals surface area contributed by atoms with Crippen LogP contribution in [0.1, 0.15) is 5.69 Å². The summed E-state index contributed by atoms with van der Waals surface area (Å²) < 4.78 is 56.2. The molecule has 132 valence electrons. The fraction of sp³-hybridized carbons (Fsp3) is 0.0588. The van der Waals surface area contributed by atoms with E-state index in [0.717, 1.165) is 12.1 Å². The van der Waals surface area contributed by atoms with Crippen molar-refractivity contribution in [2.75, 3.05) is 4.90 Å². The number of nitriles is 1. The van der Waals surface area contributed by atoms with E-state index in [1.807, 2.05) is 6.19 Å². The second-order valence-corrected chi connectivity index (χ2v) is 5.54. The Labute approximate surface area is 195 Å². The molecule has 0 saturated carbocycles. The third-order valence-corrected chi connectivity index (χ3v) is 3.71. The molecule has 0 aliphatic rings. The Morgan fingerprint density at radius 3 is 2.22 bits per heavy atom. The standard InChI is InChI=1S/C17H11BF4N3O.K/c19-14-5-1-12(2-6-14)17-9-15(24-26-17)10-25(11-23)16-7-3-13(4-8-16)18(20,21)22;/h1-9H,10H2;/q-1;+1. The van der Waals surface area contributed by atoms with Gasteiger partial charge in [-0.15, -0.1) is 5.46 Å². The van der Waals surface area contributed by atoms with Crippen LogP contribution in [0, 0.1) is 17.3 Å². The zero-order valence-corrected chi connectivity index (χ0v) is 17.4. The van der Waals surface area contributed by atoms with Crippen molar-refractivity contribution >= 4 is 18.1 Å². The largest absolute Gasteiger partial charge is 1.00 e. The van der Waals surface area contributed by atoms with Crippen LogP contribution in [0.25, 0.3) is 11.3 Å². The fourth-order valence-corrected chi connectivity index (χ4v) is 2.36. The monoisotopic (exact) mass is 399 g/mol. The van der Waals surface area contributed by atoms with Crippen LogP contribution in [0.3, 0.4) is 0 Å². The minimum Gasteiger partial charge on any atom is -0.445 e. The van der Waals surface area contributed by atoms with Crippen molar-refractivity contribution in [2.24, 2.45) is 0 Å². The van der Waals surface area contributed by atoms with Gasteiger partial charge in [-0.1, -0.05) is 17.3 Å². The molecule has 1 aromatic heterocycles. The van der Waals surface area contributed by atoms with Crippen molar-refractivity contribution in [2.45, 2.75) is 6.54 Å². The minimum atomic E-state index is -5.08. The van der Waals surface area contributed by atoms with Crippen molar-refractivity contribution in [3.63, 3.8) is 0 Å². The van der Waals surface area contributed by atoms with Crippen LogP contribution in [0.2, 0.25) is 0 Å². The number of benzene rings is 2. The molecule has 3 aromatic rings. The van der Waals surface area contributed by atoms with Crippen molar-refractivity contribution in [3.05, 3.63) is 66.1 Å². The summed E-state index contributed by atoms with van der Waals surface area (Å²) >= 11 is 0. The molecule has 2 aromatic carbocycles. The summed E-state index contributed by atoms with van der Waals surface area (Å²) in [4.78, 5) is 1.19. The first-order valence-corrected chi connectivity index (χ1v) is 7.55. The van der Waals surface area contributed by atoms with E-state index in [2.05, 4.69) is 5.16 Å². The number of rotatable bonds is 5. The maximum Gasteiger partial charge on any atom is 1.00 e. The van der Waals surface area contributed by atoms with Gasteiger partial charge in [0.15, 0.2) is 12.0 Å². The number of halogens is 4. The third-order valence-electron chi connectivity index (χ3n) is 3.71. The van der Waals surface area contributed by atoms with Crippen molar-refractivity contribution in [3.8, 4) is 17.5 Å². The third kappa shape index (κ3) is 5.43. The molecule has 1 heterocycles. The molecular weight excluding hydrogens is 388 g/mol. The molecule has 0 N–H and O–H groups in total. The smallest absolute Gasteiger partial charge is 0.445 e. The van der Waals surface area contributed by atoms with E-state index in [4.69, 9.17) is 4.52 Å². The van der Waals surface area contributed by atoms with Crippen molar-refractivity contribution < 1.29 is 73.2 Å². The maximum atomic E-state index is 13.0. The molecule has 0 saturated heterocycles. The predicted molar refractivity (Wildman–Crippen MR) is 88.8 cm³/mol. The summed E-state index contributed by atoms with van der Waals surface area (Å²) in [5.41, 5.74) is 0.606. The summed E-state index contributed by atoms with van der Waals surface area (Å²) in [7, 11) is 0. The van der Waals surface area contributed by atoms with Crippen LogP contribution in [-0.4, -0.2) is 12.1 Å². The summed E-state index contributed by atoms with van der Waals surface area (Å²) in [6.45, 7) is -5.06. The number of hydrogen-bond acceptors (Lipinski definition) is 4. The molecule has 0 aliphatic heterocycles. The van der Waals surface area contributed by atoms with Gasteiger partial charge in [-0.2, -0.15) is 5.26 Å². The molecule has 27 heavy (non-hydrogen) atoms. The van der Waals surface area contributed by atoms with Crippen LogP contribution in [0.4, 0.5) is 23.0 Å². The number of aromatic nitrogens is 1. The predicted octanol–water partition coefficient (Wildman–Crippen LogP) is 1.03. The van der Waals surface area contributed by atoms with Gasteiger partial charge in [0, 0.05) is 11.6 Å². The van der Waals surface area contributed by atoms with Gasteiger partial charge in [-0.25, -0.2) is 4.39 Å². The van der Waals surface area contributed by atoms with Gasteiger partial charge in [0.05, 0.1) is 12.2 Å². The van der Waals surface area contributed by atoms with Gasteiger partial charge in [0.25, 0.3) is 0 Å². The van der Waals surface area contributed by atoms with E-state index in [-0.39, 0.29) is 63.7 Å². The summed E-state index contributed by atoms with van der Waals surface area (Å²) in [5.74, 6) is 0.0147. The topological polar surface area (TPSA) is 53.1 Å². The van der Waals surface area contributed by atoms with E-state index < -0.39 is 12.4 Å². The van der Waals surface area contributed by atoms with Crippen LogP contribution in [0.5, 0.6) is 0 Å². The minimum absolute atomic E-state index is 0. The molecule has 0 amide bonds. The van der Waals surface area contributed by atoms with Gasteiger partial charge in [0.1, 0.15) is 11.5 Å². The molecule has 0 bridgehead atoms. The fourth-order valence-electron chi connectivity index (χ4n) is 2.36. The molecule has 0 atom stereocenters. The van der Waals surface area contributed by atoms with Gasteiger partial charge < -0.3 is 17.5 Å². The molecule has 0 unspecified atom stereocenters. The zero-order chi connectivity index (χ0) is 18.7. The Bertz CT molecular complexity index is 937. The normalized spacial score (nSPS) is 10.8. The molecule has 0 aliphatic carbocycles. The molecule has 4 nitrogen and oxygen atoms in total. The SMILES string of the molecule is N#CN(Cc1cc(-c2ccc(F)cc2)on1)c1ccc([B-](F)(F)F)cc1.[K+]. The summed E-state index contributed by atoms with van der Waals surface area (Å²) in [5, 5.41) is 13.1. The Hall–Kier alpha value is -1.64. The molecule has 0 fully saturated rings. The molecule has 3 rings (SSSR count). The van der Waals surface area contributed by atoms with Gasteiger partial charge in [0.2, 0.25) is 0 Å². The second-order valence-electron chi connectivity index (χ2n) is 5.54. The Kier molecular flexibility index (Phi) is 7.25. The molecule has 0 spiro atoms. The summed E-state index contributed by atoms with van der Waals surface area (Å²) in [6, 6.07) is 11.5. The van der Waals surface area contributed by atoms with Crippen LogP contribution < -0.4 is 61.7 Å². The average molecular weight is 399 g/mol. The first kappa shape index (κ1) is 21.7. The van der Waals surface area contributed by atoms with Gasteiger partial charge in [-0.3, -0.25) is 4.90 Å². The van der Waals surface area contributed by atoms with E-state index in [1.165, 1.54) is 41.3 Å². The van der Waals surface area contributed by atoms with Crippen molar-refractivity contribution in [1.82, 2.24) is 5.16 Å². The first-order valence-electron chi connectivity index (χ1n) is 7.55. The van der Waals surface area contributed by atoms with Gasteiger partial charge >= 0.3 is 58.4 Å². The maximum absolute atomic E-state index is 13.0. The van der Waals surface area contributed by atoms with E-state index >= 15 is 0 Å². The second kappa shape index (κ2) is 9.03. The number of hydrogen-bond donors (Lipinski definition) is 0. The number of anilines is 1.